The monoisotopic (exact) mass is 271 g/mol. The molecule has 0 atom stereocenters. The van der Waals surface area contributed by atoms with Gasteiger partial charge < -0.3 is 10.6 Å². The first kappa shape index (κ1) is 13.9. The zero-order valence-electron chi connectivity index (χ0n) is 11.5. The van der Waals surface area contributed by atoms with Crippen LogP contribution in [0.5, 0.6) is 0 Å². The maximum Gasteiger partial charge on any atom is 0.292 e. The normalized spacial score (nSPS) is 10.3. The van der Waals surface area contributed by atoms with Gasteiger partial charge in [-0.2, -0.15) is 0 Å². The third-order valence-electron chi connectivity index (χ3n) is 3.25. The molecular formula is C15H17N3O2. The van der Waals surface area contributed by atoms with Gasteiger partial charge in [-0.15, -0.1) is 0 Å². The van der Waals surface area contributed by atoms with E-state index in [1.165, 1.54) is 11.6 Å². The van der Waals surface area contributed by atoms with Gasteiger partial charge in [0.25, 0.3) is 5.69 Å². The number of hydrogen-bond acceptors (Lipinski definition) is 4. The molecule has 2 N–H and O–H groups in total. The van der Waals surface area contributed by atoms with Crippen LogP contribution in [0.4, 0.5) is 17.1 Å². The Kier molecular flexibility index (Phi) is 3.89. The number of benzene rings is 2. The van der Waals surface area contributed by atoms with Crippen LogP contribution in [-0.4, -0.2) is 12.0 Å². The van der Waals surface area contributed by atoms with E-state index in [0.717, 1.165) is 11.3 Å². The highest BCUT2D eigenvalue weighted by Gasteiger charge is 2.15. The molecule has 0 saturated heterocycles. The van der Waals surface area contributed by atoms with E-state index in [9.17, 15) is 10.1 Å². The van der Waals surface area contributed by atoms with E-state index < -0.39 is 4.92 Å². The van der Waals surface area contributed by atoms with E-state index >= 15 is 0 Å². The predicted octanol–water partition coefficient (Wildman–Crippen LogP) is 3.12. The van der Waals surface area contributed by atoms with Crippen molar-refractivity contribution >= 4 is 17.1 Å². The number of anilines is 2. The largest absolute Gasteiger partial charge is 0.393 e. The second-order valence-corrected chi connectivity index (χ2v) is 4.80. The Balaban J connectivity index is 2.23. The van der Waals surface area contributed by atoms with Gasteiger partial charge in [0.15, 0.2) is 0 Å². The summed E-state index contributed by atoms with van der Waals surface area (Å²) in [5, 5.41) is 10.9. The van der Waals surface area contributed by atoms with Crippen molar-refractivity contribution in [2.24, 2.45) is 0 Å². The molecule has 0 aliphatic rings. The van der Waals surface area contributed by atoms with E-state index in [4.69, 9.17) is 5.73 Å². The van der Waals surface area contributed by atoms with E-state index in [2.05, 4.69) is 0 Å². The number of nitro benzene ring substituents is 1. The van der Waals surface area contributed by atoms with Crippen LogP contribution in [0.15, 0.2) is 42.5 Å². The zero-order valence-corrected chi connectivity index (χ0v) is 11.5. The fourth-order valence-electron chi connectivity index (χ4n) is 2.04. The van der Waals surface area contributed by atoms with E-state index in [1.807, 2.05) is 49.2 Å². The molecule has 2 aromatic rings. The molecule has 0 fully saturated rings. The second kappa shape index (κ2) is 5.61. The zero-order chi connectivity index (χ0) is 14.7. The molecule has 20 heavy (non-hydrogen) atoms. The first-order valence-electron chi connectivity index (χ1n) is 6.28. The summed E-state index contributed by atoms with van der Waals surface area (Å²) in [5.74, 6) is 0. The van der Waals surface area contributed by atoms with Crippen LogP contribution in [0.1, 0.15) is 11.1 Å². The van der Waals surface area contributed by atoms with Crippen LogP contribution in [0.25, 0.3) is 0 Å². The van der Waals surface area contributed by atoms with Crippen LogP contribution in [0.2, 0.25) is 0 Å². The Morgan fingerprint density at radius 1 is 1.20 bits per heavy atom. The maximum absolute atomic E-state index is 10.9. The number of nitrogen functional groups attached to an aromatic ring is 1. The van der Waals surface area contributed by atoms with Crippen molar-refractivity contribution in [2.45, 2.75) is 13.5 Å². The van der Waals surface area contributed by atoms with Crippen LogP contribution in [-0.2, 0) is 6.54 Å². The highest BCUT2D eigenvalue weighted by Crippen LogP contribution is 2.26. The molecule has 0 aliphatic heterocycles. The lowest BCUT2D eigenvalue weighted by Gasteiger charge is -2.20. The summed E-state index contributed by atoms with van der Waals surface area (Å²) >= 11 is 0. The number of nitrogens with two attached hydrogens (primary N) is 1. The standard InChI is InChI=1S/C15H17N3O2/c1-11-6-8-13(9-7-11)17(2)10-12-4-3-5-14(15(12)16)18(19)20/h3-9H,10,16H2,1-2H3. The number of hydrogen-bond donors (Lipinski definition) is 1. The minimum Gasteiger partial charge on any atom is -0.393 e. The summed E-state index contributed by atoms with van der Waals surface area (Å²) < 4.78 is 0. The maximum atomic E-state index is 10.9. The number of nitro groups is 1. The smallest absolute Gasteiger partial charge is 0.292 e. The van der Waals surface area contributed by atoms with E-state index in [-0.39, 0.29) is 11.4 Å². The third-order valence-corrected chi connectivity index (χ3v) is 3.25. The van der Waals surface area contributed by atoms with Gasteiger partial charge in [0, 0.05) is 30.9 Å². The van der Waals surface area contributed by atoms with Crippen molar-refractivity contribution in [3.05, 3.63) is 63.7 Å². The summed E-state index contributed by atoms with van der Waals surface area (Å²) in [5.41, 5.74) is 9.04. The SMILES string of the molecule is Cc1ccc(N(C)Cc2cccc([N+](=O)[O-])c2N)cc1. The number of aryl methyl sites for hydroxylation is 1. The van der Waals surface area contributed by atoms with Gasteiger partial charge in [-0.1, -0.05) is 29.8 Å². The van der Waals surface area contributed by atoms with Gasteiger partial charge in [0.05, 0.1) is 4.92 Å². The molecule has 5 heteroatoms. The van der Waals surface area contributed by atoms with Crippen LogP contribution in [0, 0.1) is 17.0 Å². The Hall–Kier alpha value is -2.56. The average Bonchev–Trinajstić information content (AvgIpc) is 2.41. The first-order chi connectivity index (χ1) is 9.49. The second-order valence-electron chi connectivity index (χ2n) is 4.80. The first-order valence-corrected chi connectivity index (χ1v) is 6.28. The Labute approximate surface area is 117 Å². The molecule has 0 radical (unpaired) electrons. The number of nitrogens with zero attached hydrogens (tertiary/aromatic N) is 2. The molecule has 0 spiro atoms. The molecule has 2 aromatic carbocycles. The molecule has 0 aliphatic carbocycles. The number of rotatable bonds is 4. The molecule has 0 heterocycles. The summed E-state index contributed by atoms with van der Waals surface area (Å²) in [6.07, 6.45) is 0. The third kappa shape index (κ3) is 2.88. The molecular weight excluding hydrogens is 254 g/mol. The molecule has 0 amide bonds. The van der Waals surface area contributed by atoms with E-state index in [0.29, 0.717) is 6.54 Å². The van der Waals surface area contributed by atoms with Crippen LogP contribution >= 0.6 is 0 Å². The lowest BCUT2D eigenvalue weighted by Crippen LogP contribution is -2.17. The molecule has 0 bridgehead atoms. The molecule has 0 saturated carbocycles. The van der Waals surface area contributed by atoms with Crippen molar-refractivity contribution in [2.75, 3.05) is 17.7 Å². The molecule has 104 valence electrons. The Morgan fingerprint density at radius 3 is 2.45 bits per heavy atom. The fourth-order valence-corrected chi connectivity index (χ4v) is 2.04. The van der Waals surface area contributed by atoms with Gasteiger partial charge >= 0.3 is 0 Å². The van der Waals surface area contributed by atoms with Crippen molar-refractivity contribution in [1.82, 2.24) is 0 Å². The van der Waals surface area contributed by atoms with Gasteiger partial charge in [0.2, 0.25) is 0 Å². The lowest BCUT2D eigenvalue weighted by molar-refractivity contribution is -0.383. The predicted molar refractivity (Wildman–Crippen MR) is 80.8 cm³/mol. The summed E-state index contributed by atoms with van der Waals surface area (Å²) in [6, 6.07) is 13.0. The molecule has 2 rings (SSSR count). The van der Waals surface area contributed by atoms with E-state index in [1.54, 1.807) is 6.07 Å². The molecule has 5 nitrogen and oxygen atoms in total. The Morgan fingerprint density at radius 2 is 1.85 bits per heavy atom. The van der Waals surface area contributed by atoms with Crippen LogP contribution < -0.4 is 10.6 Å². The van der Waals surface area contributed by atoms with Gasteiger partial charge in [-0.3, -0.25) is 10.1 Å². The van der Waals surface area contributed by atoms with Gasteiger partial charge in [-0.25, -0.2) is 0 Å². The highest BCUT2D eigenvalue weighted by molar-refractivity contribution is 5.64. The van der Waals surface area contributed by atoms with Crippen LogP contribution in [0.3, 0.4) is 0 Å². The molecule has 0 aromatic heterocycles. The average molecular weight is 271 g/mol. The summed E-state index contributed by atoms with van der Waals surface area (Å²) in [7, 11) is 1.93. The topological polar surface area (TPSA) is 72.4 Å². The minimum atomic E-state index is -0.454. The minimum absolute atomic E-state index is 0.0418. The van der Waals surface area contributed by atoms with Crippen molar-refractivity contribution in [3.8, 4) is 0 Å². The molecule has 0 unspecified atom stereocenters. The van der Waals surface area contributed by atoms with Crippen molar-refractivity contribution in [3.63, 3.8) is 0 Å². The Bertz CT molecular complexity index is 624. The van der Waals surface area contributed by atoms with Crippen molar-refractivity contribution in [1.29, 1.82) is 0 Å². The quantitative estimate of drug-likeness (QED) is 0.527. The highest BCUT2D eigenvalue weighted by atomic mass is 16.6. The summed E-state index contributed by atoms with van der Waals surface area (Å²) in [4.78, 5) is 12.4. The number of para-hydroxylation sites is 1. The van der Waals surface area contributed by atoms with Gasteiger partial charge in [0.1, 0.15) is 5.69 Å². The van der Waals surface area contributed by atoms with Crippen molar-refractivity contribution < 1.29 is 4.92 Å². The fraction of sp³-hybridized carbons (Fsp3) is 0.200. The lowest BCUT2D eigenvalue weighted by atomic mass is 10.1. The summed E-state index contributed by atoms with van der Waals surface area (Å²) in [6.45, 7) is 2.55. The van der Waals surface area contributed by atoms with Gasteiger partial charge in [-0.05, 0) is 19.1 Å².